The first-order valence-electron chi connectivity index (χ1n) is 5.36. The molecule has 0 saturated heterocycles. The highest BCUT2D eigenvalue weighted by molar-refractivity contribution is 7.81. The lowest BCUT2D eigenvalue weighted by Crippen LogP contribution is -2.38. The van der Waals surface area contributed by atoms with Crippen LogP contribution in [0, 0.1) is 11.3 Å². The molecular weight excluding hydrogens is 194 g/mol. The third-order valence-electron chi connectivity index (χ3n) is 2.61. The van der Waals surface area contributed by atoms with Crippen molar-refractivity contribution >= 4 is 18.5 Å². The van der Waals surface area contributed by atoms with Crippen LogP contribution in [0.25, 0.3) is 0 Å². The average molecular weight is 215 g/mol. The van der Waals surface area contributed by atoms with Crippen LogP contribution in [0.2, 0.25) is 0 Å². The number of thiol groups is 1. The van der Waals surface area contributed by atoms with E-state index < -0.39 is 0 Å². The lowest BCUT2D eigenvalue weighted by molar-refractivity contribution is -0.125. The van der Waals surface area contributed by atoms with Crippen LogP contribution in [0.4, 0.5) is 0 Å². The topological polar surface area (TPSA) is 29.1 Å². The van der Waals surface area contributed by atoms with Crippen molar-refractivity contribution in [3.8, 4) is 0 Å². The van der Waals surface area contributed by atoms with Crippen LogP contribution in [-0.4, -0.2) is 17.7 Å². The van der Waals surface area contributed by atoms with E-state index in [2.05, 4.69) is 38.7 Å². The molecule has 3 heteroatoms. The summed E-state index contributed by atoms with van der Waals surface area (Å²) in [6.45, 7) is 7.13. The Bertz CT molecular complexity index is 210. The number of hydrogen-bond donors (Lipinski definition) is 2. The summed E-state index contributed by atoms with van der Waals surface area (Å²) in [6.07, 6.45) is 3.22. The van der Waals surface area contributed by atoms with Gasteiger partial charge in [-0.05, 0) is 18.3 Å². The molecule has 0 spiro atoms. The first-order valence-corrected chi connectivity index (χ1v) is 5.87. The van der Waals surface area contributed by atoms with Crippen LogP contribution >= 0.6 is 12.6 Å². The Hall–Kier alpha value is -0.180. The normalized spacial score (nSPS) is 27.7. The summed E-state index contributed by atoms with van der Waals surface area (Å²) < 4.78 is 0. The van der Waals surface area contributed by atoms with Gasteiger partial charge in [0.15, 0.2) is 0 Å². The number of hydrogen-bond acceptors (Lipinski definition) is 2. The third kappa shape index (κ3) is 3.52. The van der Waals surface area contributed by atoms with E-state index in [0.29, 0.717) is 0 Å². The zero-order chi connectivity index (χ0) is 10.8. The van der Waals surface area contributed by atoms with E-state index >= 15 is 0 Å². The number of nitrogens with one attached hydrogen (secondary N) is 1. The Morgan fingerprint density at radius 1 is 1.43 bits per heavy atom. The van der Waals surface area contributed by atoms with Crippen molar-refractivity contribution in [2.45, 2.75) is 45.3 Å². The van der Waals surface area contributed by atoms with Gasteiger partial charge in [-0.25, -0.2) is 0 Å². The van der Waals surface area contributed by atoms with Crippen molar-refractivity contribution in [3.05, 3.63) is 0 Å². The van der Waals surface area contributed by atoms with Gasteiger partial charge in [-0.2, -0.15) is 12.6 Å². The predicted molar refractivity (Wildman–Crippen MR) is 62.6 cm³/mol. The smallest absolute Gasteiger partial charge is 0.224 e. The third-order valence-corrected chi connectivity index (χ3v) is 3.23. The minimum absolute atomic E-state index is 0.140. The molecule has 14 heavy (non-hydrogen) atoms. The molecule has 1 fully saturated rings. The van der Waals surface area contributed by atoms with Crippen molar-refractivity contribution in [2.24, 2.45) is 11.3 Å². The van der Waals surface area contributed by atoms with E-state index in [9.17, 15) is 4.79 Å². The first-order chi connectivity index (χ1) is 6.40. The maximum absolute atomic E-state index is 11.7. The second kappa shape index (κ2) is 4.56. The van der Waals surface area contributed by atoms with Gasteiger partial charge in [0.25, 0.3) is 0 Å². The molecule has 1 aliphatic rings. The Morgan fingerprint density at radius 2 is 2.07 bits per heavy atom. The summed E-state index contributed by atoms with van der Waals surface area (Å²) in [5.74, 6) is 0.332. The van der Waals surface area contributed by atoms with Crippen LogP contribution in [0.5, 0.6) is 0 Å². The minimum Gasteiger partial charge on any atom is -0.355 e. The first kappa shape index (κ1) is 11.9. The van der Waals surface area contributed by atoms with Crippen LogP contribution in [-0.2, 0) is 4.79 Å². The SMILES string of the molecule is CC(C)(C)CNC(=O)C1CCCC1S. The summed E-state index contributed by atoms with van der Waals surface area (Å²) in [5.41, 5.74) is 0.167. The highest BCUT2D eigenvalue weighted by Crippen LogP contribution is 2.29. The molecule has 0 radical (unpaired) electrons. The fraction of sp³-hybridized carbons (Fsp3) is 0.909. The Kier molecular flexibility index (Phi) is 3.87. The molecule has 1 saturated carbocycles. The Labute approximate surface area is 92.2 Å². The van der Waals surface area contributed by atoms with E-state index in [1.54, 1.807) is 0 Å². The van der Waals surface area contributed by atoms with Gasteiger partial charge in [-0.15, -0.1) is 0 Å². The van der Waals surface area contributed by atoms with Gasteiger partial charge in [0, 0.05) is 17.7 Å². The molecule has 0 aliphatic heterocycles. The van der Waals surface area contributed by atoms with E-state index in [1.165, 1.54) is 0 Å². The molecule has 1 N–H and O–H groups in total. The van der Waals surface area contributed by atoms with Crippen molar-refractivity contribution in [1.29, 1.82) is 0 Å². The second-order valence-corrected chi connectivity index (χ2v) is 6.05. The van der Waals surface area contributed by atoms with E-state index in [-0.39, 0.29) is 22.5 Å². The summed E-state index contributed by atoms with van der Waals surface area (Å²) in [5, 5.41) is 3.28. The zero-order valence-electron chi connectivity index (χ0n) is 9.34. The van der Waals surface area contributed by atoms with Crippen LogP contribution in [0.1, 0.15) is 40.0 Å². The molecule has 0 bridgehead atoms. The van der Waals surface area contributed by atoms with Crippen molar-refractivity contribution in [1.82, 2.24) is 5.32 Å². The molecule has 1 rings (SSSR count). The quantitative estimate of drug-likeness (QED) is 0.680. The van der Waals surface area contributed by atoms with E-state index in [4.69, 9.17) is 0 Å². The average Bonchev–Trinajstić information content (AvgIpc) is 2.46. The van der Waals surface area contributed by atoms with Gasteiger partial charge >= 0.3 is 0 Å². The van der Waals surface area contributed by atoms with Crippen LogP contribution in [0.15, 0.2) is 0 Å². The summed E-state index contributed by atoms with van der Waals surface area (Å²) in [7, 11) is 0. The van der Waals surface area contributed by atoms with Gasteiger partial charge < -0.3 is 5.32 Å². The highest BCUT2D eigenvalue weighted by Gasteiger charge is 2.30. The Morgan fingerprint density at radius 3 is 2.50 bits per heavy atom. The van der Waals surface area contributed by atoms with Crippen molar-refractivity contribution in [2.75, 3.05) is 6.54 Å². The van der Waals surface area contributed by atoms with E-state index in [0.717, 1.165) is 25.8 Å². The lowest BCUT2D eigenvalue weighted by atomic mass is 9.96. The van der Waals surface area contributed by atoms with Gasteiger partial charge in [0.05, 0.1) is 0 Å². The fourth-order valence-corrected chi connectivity index (χ4v) is 2.20. The standard InChI is InChI=1S/C11H21NOS/c1-11(2,3)7-12-10(13)8-5-4-6-9(8)14/h8-9,14H,4-7H2,1-3H3,(H,12,13). The number of carbonyl (C=O) groups is 1. The molecule has 2 nitrogen and oxygen atoms in total. The van der Waals surface area contributed by atoms with Gasteiger partial charge in [0.1, 0.15) is 0 Å². The molecular formula is C11H21NOS. The molecule has 0 aromatic rings. The lowest BCUT2D eigenvalue weighted by Gasteiger charge is -2.21. The number of amides is 1. The maximum atomic E-state index is 11.7. The molecule has 0 aromatic carbocycles. The van der Waals surface area contributed by atoms with Crippen molar-refractivity contribution < 1.29 is 4.79 Å². The molecule has 82 valence electrons. The second-order valence-electron chi connectivity index (χ2n) is 5.38. The molecule has 1 amide bonds. The maximum Gasteiger partial charge on any atom is 0.224 e. The Balaban J connectivity index is 2.35. The van der Waals surface area contributed by atoms with Gasteiger partial charge in [-0.3, -0.25) is 4.79 Å². The zero-order valence-corrected chi connectivity index (χ0v) is 10.2. The van der Waals surface area contributed by atoms with Crippen molar-refractivity contribution in [3.63, 3.8) is 0 Å². The van der Waals surface area contributed by atoms with Crippen LogP contribution in [0.3, 0.4) is 0 Å². The largest absolute Gasteiger partial charge is 0.355 e. The monoisotopic (exact) mass is 215 g/mol. The predicted octanol–water partition coefficient (Wildman–Crippen LogP) is 2.25. The summed E-state index contributed by atoms with van der Waals surface area (Å²) >= 11 is 4.43. The summed E-state index contributed by atoms with van der Waals surface area (Å²) in [6, 6.07) is 0. The van der Waals surface area contributed by atoms with Crippen LogP contribution < -0.4 is 5.32 Å². The minimum atomic E-state index is 0.140. The summed E-state index contributed by atoms with van der Waals surface area (Å²) in [4.78, 5) is 11.7. The van der Waals surface area contributed by atoms with Gasteiger partial charge in [0.2, 0.25) is 5.91 Å². The number of carbonyl (C=O) groups excluding carboxylic acids is 1. The molecule has 2 unspecified atom stereocenters. The highest BCUT2D eigenvalue weighted by atomic mass is 32.1. The van der Waals surface area contributed by atoms with Gasteiger partial charge in [-0.1, -0.05) is 27.2 Å². The molecule has 2 atom stereocenters. The molecule has 1 aliphatic carbocycles. The van der Waals surface area contributed by atoms with E-state index in [1.807, 2.05) is 0 Å². The fourth-order valence-electron chi connectivity index (χ4n) is 1.73. The number of rotatable bonds is 2. The molecule has 0 heterocycles. The molecule has 0 aromatic heterocycles.